The summed E-state index contributed by atoms with van der Waals surface area (Å²) >= 11 is 0. The van der Waals surface area contributed by atoms with Gasteiger partial charge in [0.2, 0.25) is 0 Å². The molecule has 0 saturated carbocycles. The quantitative estimate of drug-likeness (QED) is 0.588. The summed E-state index contributed by atoms with van der Waals surface area (Å²) in [6.07, 6.45) is 0.818. The molecule has 0 saturated heterocycles. The number of carbonyl (C=O) groups is 1. The van der Waals surface area contributed by atoms with E-state index in [1.807, 2.05) is 26.8 Å². The first-order valence-electron chi connectivity index (χ1n) is 7.12. The average molecular weight is 294 g/mol. The Balaban J connectivity index is 3.06. The largest absolute Gasteiger partial charge is 0.481 e. The number of rotatable bonds is 8. The van der Waals surface area contributed by atoms with Crippen molar-refractivity contribution in [2.24, 2.45) is 0 Å². The van der Waals surface area contributed by atoms with Crippen molar-refractivity contribution in [3.05, 3.63) is 39.9 Å². The van der Waals surface area contributed by atoms with Gasteiger partial charge in [0.15, 0.2) is 0 Å². The van der Waals surface area contributed by atoms with Gasteiger partial charge in [-0.2, -0.15) is 0 Å². The number of carboxylic acid groups (broad SMARTS) is 1. The van der Waals surface area contributed by atoms with Gasteiger partial charge in [0, 0.05) is 24.2 Å². The Bertz CT molecular complexity index is 504. The number of non-ortho nitro benzene ring substituents is 1. The molecule has 1 N–H and O–H groups in total. The van der Waals surface area contributed by atoms with E-state index in [0.717, 1.165) is 12.0 Å². The van der Waals surface area contributed by atoms with Crippen LogP contribution in [0.15, 0.2) is 24.3 Å². The predicted octanol–water partition coefficient (Wildman–Crippen LogP) is 3.23. The molecule has 0 fully saturated rings. The maximum absolute atomic E-state index is 10.9. The average Bonchev–Trinajstić information content (AvgIpc) is 2.43. The van der Waals surface area contributed by atoms with E-state index in [0.29, 0.717) is 6.54 Å². The smallest absolute Gasteiger partial charge is 0.304 e. The maximum Gasteiger partial charge on any atom is 0.304 e. The normalized spacial score (nSPS) is 13.9. The summed E-state index contributed by atoms with van der Waals surface area (Å²) in [5, 5.41) is 19.9. The monoisotopic (exact) mass is 294 g/mol. The van der Waals surface area contributed by atoms with Crippen molar-refractivity contribution in [2.75, 3.05) is 6.54 Å². The lowest BCUT2D eigenvalue weighted by Crippen LogP contribution is -2.37. The Labute approximate surface area is 124 Å². The van der Waals surface area contributed by atoms with Crippen molar-refractivity contribution in [1.82, 2.24) is 4.90 Å². The van der Waals surface area contributed by atoms with Crippen LogP contribution >= 0.6 is 0 Å². The molecule has 21 heavy (non-hydrogen) atoms. The van der Waals surface area contributed by atoms with Crippen LogP contribution in [0.25, 0.3) is 0 Å². The molecule has 0 aliphatic heterocycles. The molecule has 0 aromatic heterocycles. The number of nitro groups is 1. The van der Waals surface area contributed by atoms with Crippen LogP contribution < -0.4 is 0 Å². The van der Waals surface area contributed by atoms with Gasteiger partial charge in [0.05, 0.1) is 11.3 Å². The molecule has 116 valence electrons. The first-order valence-corrected chi connectivity index (χ1v) is 7.12. The number of carboxylic acids is 1. The van der Waals surface area contributed by atoms with Gasteiger partial charge < -0.3 is 5.11 Å². The molecule has 2 atom stereocenters. The summed E-state index contributed by atoms with van der Waals surface area (Å²) in [6, 6.07) is 6.42. The van der Waals surface area contributed by atoms with Crippen molar-refractivity contribution in [1.29, 1.82) is 0 Å². The molecule has 0 aliphatic rings. The van der Waals surface area contributed by atoms with Crippen molar-refractivity contribution in [3.8, 4) is 0 Å². The third kappa shape index (κ3) is 4.53. The van der Waals surface area contributed by atoms with Crippen LogP contribution in [-0.2, 0) is 4.79 Å². The minimum atomic E-state index is -0.838. The van der Waals surface area contributed by atoms with Crippen LogP contribution in [0.2, 0.25) is 0 Å². The number of aliphatic carboxylic acids is 1. The predicted molar refractivity (Wildman–Crippen MR) is 80.2 cm³/mol. The van der Waals surface area contributed by atoms with Gasteiger partial charge in [-0.05, 0) is 25.5 Å². The minimum Gasteiger partial charge on any atom is -0.481 e. The highest BCUT2D eigenvalue weighted by atomic mass is 16.6. The van der Waals surface area contributed by atoms with E-state index in [9.17, 15) is 14.9 Å². The second kappa shape index (κ2) is 7.73. The van der Waals surface area contributed by atoms with Crippen LogP contribution in [0.3, 0.4) is 0 Å². The first kappa shape index (κ1) is 17.1. The summed E-state index contributed by atoms with van der Waals surface area (Å²) in [4.78, 5) is 23.5. The third-order valence-corrected chi connectivity index (χ3v) is 3.65. The fourth-order valence-electron chi connectivity index (χ4n) is 2.72. The first-order chi connectivity index (χ1) is 9.90. The Morgan fingerprint density at radius 2 is 2.10 bits per heavy atom. The highest BCUT2D eigenvalue weighted by Crippen LogP contribution is 2.29. The molecule has 2 unspecified atom stereocenters. The number of hydrogen-bond acceptors (Lipinski definition) is 4. The molecule has 0 spiro atoms. The zero-order chi connectivity index (χ0) is 16.0. The van der Waals surface area contributed by atoms with Gasteiger partial charge >= 0.3 is 5.97 Å². The Morgan fingerprint density at radius 3 is 2.57 bits per heavy atom. The minimum absolute atomic E-state index is 0.0238. The van der Waals surface area contributed by atoms with Crippen LogP contribution in [0.4, 0.5) is 5.69 Å². The zero-order valence-corrected chi connectivity index (χ0v) is 12.7. The Morgan fingerprint density at radius 1 is 1.43 bits per heavy atom. The van der Waals surface area contributed by atoms with E-state index < -0.39 is 10.9 Å². The summed E-state index contributed by atoms with van der Waals surface area (Å²) in [5.41, 5.74) is 0.915. The highest BCUT2D eigenvalue weighted by molar-refractivity contribution is 5.67. The molecule has 1 aromatic carbocycles. The lowest BCUT2D eigenvalue weighted by molar-refractivity contribution is -0.385. The van der Waals surface area contributed by atoms with Gasteiger partial charge in [-0.15, -0.1) is 0 Å². The van der Waals surface area contributed by atoms with Crippen molar-refractivity contribution < 1.29 is 14.8 Å². The number of nitro benzene ring substituents is 1. The van der Waals surface area contributed by atoms with E-state index in [1.165, 1.54) is 6.07 Å². The third-order valence-electron chi connectivity index (χ3n) is 3.65. The summed E-state index contributed by atoms with van der Waals surface area (Å²) in [5.74, 6) is -0.838. The van der Waals surface area contributed by atoms with E-state index in [-0.39, 0.29) is 24.2 Å². The summed E-state index contributed by atoms with van der Waals surface area (Å²) in [6.45, 7) is 6.53. The van der Waals surface area contributed by atoms with E-state index >= 15 is 0 Å². The lowest BCUT2D eigenvalue weighted by Gasteiger charge is -2.35. The van der Waals surface area contributed by atoms with Gasteiger partial charge in [0.25, 0.3) is 5.69 Å². The molecule has 0 bridgehead atoms. The van der Waals surface area contributed by atoms with Crippen molar-refractivity contribution in [2.45, 2.75) is 45.7 Å². The fourth-order valence-corrected chi connectivity index (χ4v) is 2.72. The van der Waals surface area contributed by atoms with Crippen molar-refractivity contribution >= 4 is 11.7 Å². The van der Waals surface area contributed by atoms with E-state index in [2.05, 4.69) is 4.90 Å². The summed E-state index contributed by atoms with van der Waals surface area (Å²) in [7, 11) is 0. The standard InChI is InChI=1S/C15H22N2O4/c1-4-14(16(5-2)11(3)9-15(18)19)12-7-6-8-13(10-12)17(20)21/h6-8,10-11,14H,4-5,9H2,1-3H3,(H,18,19). The molecular formula is C15H22N2O4. The molecule has 6 nitrogen and oxygen atoms in total. The topological polar surface area (TPSA) is 83.7 Å². The molecule has 0 aliphatic carbocycles. The van der Waals surface area contributed by atoms with Gasteiger partial charge in [-0.1, -0.05) is 26.0 Å². The molecule has 1 aromatic rings. The number of nitrogens with zero attached hydrogens (tertiary/aromatic N) is 2. The molecule has 0 heterocycles. The fraction of sp³-hybridized carbons (Fsp3) is 0.533. The van der Waals surface area contributed by atoms with E-state index in [1.54, 1.807) is 12.1 Å². The second-order valence-corrected chi connectivity index (χ2v) is 5.05. The number of benzene rings is 1. The van der Waals surface area contributed by atoms with Crippen LogP contribution in [0, 0.1) is 10.1 Å². The van der Waals surface area contributed by atoms with Gasteiger partial charge in [0.1, 0.15) is 0 Å². The highest BCUT2D eigenvalue weighted by Gasteiger charge is 2.25. The van der Waals surface area contributed by atoms with Crippen molar-refractivity contribution in [3.63, 3.8) is 0 Å². The molecule has 0 amide bonds. The van der Waals surface area contributed by atoms with Gasteiger partial charge in [-0.25, -0.2) is 0 Å². The maximum atomic E-state index is 10.9. The van der Waals surface area contributed by atoms with Crippen LogP contribution in [0.1, 0.15) is 45.2 Å². The molecular weight excluding hydrogens is 272 g/mol. The van der Waals surface area contributed by atoms with Crippen LogP contribution in [-0.4, -0.2) is 33.5 Å². The SMILES string of the molecule is CCC(c1cccc([N+](=O)[O-])c1)N(CC)C(C)CC(=O)O. The van der Waals surface area contributed by atoms with Gasteiger partial charge in [-0.3, -0.25) is 19.8 Å². The lowest BCUT2D eigenvalue weighted by atomic mass is 9.99. The Hall–Kier alpha value is -1.95. The summed E-state index contributed by atoms with van der Waals surface area (Å²) < 4.78 is 0. The van der Waals surface area contributed by atoms with E-state index in [4.69, 9.17) is 5.11 Å². The Kier molecular flexibility index (Phi) is 6.30. The van der Waals surface area contributed by atoms with Crippen LogP contribution in [0.5, 0.6) is 0 Å². The molecule has 1 rings (SSSR count). The molecule has 0 radical (unpaired) electrons. The molecule has 6 heteroatoms. The number of hydrogen-bond donors (Lipinski definition) is 1. The second-order valence-electron chi connectivity index (χ2n) is 5.05. The zero-order valence-electron chi connectivity index (χ0n) is 12.7.